The van der Waals surface area contributed by atoms with E-state index in [0.717, 1.165) is 29.7 Å². The van der Waals surface area contributed by atoms with Crippen LogP contribution >= 0.6 is 0 Å². The number of carbonyl (C=O) groups excluding carboxylic acids is 2. The van der Waals surface area contributed by atoms with E-state index in [4.69, 9.17) is 19.3 Å². The lowest BCUT2D eigenvalue weighted by molar-refractivity contribution is -0.152. The first kappa shape index (κ1) is 24.7. The molecule has 1 fully saturated rings. The van der Waals surface area contributed by atoms with Gasteiger partial charge in [0.1, 0.15) is 17.5 Å². The highest BCUT2D eigenvalue weighted by Gasteiger charge is 2.38. The molecule has 0 saturated carbocycles. The van der Waals surface area contributed by atoms with E-state index in [9.17, 15) is 9.59 Å². The van der Waals surface area contributed by atoms with E-state index in [0.29, 0.717) is 37.5 Å². The van der Waals surface area contributed by atoms with Gasteiger partial charge < -0.3 is 14.2 Å². The fourth-order valence-corrected chi connectivity index (χ4v) is 4.81. The SMILES string of the molecule is CCOC(=O)C1CCCCN1CC(=O)N1N=C(c2ccccc2)CC1c1ccc(OC)cc1OC. The van der Waals surface area contributed by atoms with Gasteiger partial charge >= 0.3 is 5.97 Å². The summed E-state index contributed by atoms with van der Waals surface area (Å²) in [6, 6.07) is 14.7. The predicted octanol–water partition coefficient (Wildman–Crippen LogP) is 3.80. The van der Waals surface area contributed by atoms with Crippen molar-refractivity contribution in [2.75, 3.05) is 33.9 Å². The van der Waals surface area contributed by atoms with E-state index >= 15 is 0 Å². The molecular formula is C27H33N3O5. The van der Waals surface area contributed by atoms with Crippen LogP contribution in [0.3, 0.4) is 0 Å². The quantitative estimate of drug-likeness (QED) is 0.536. The van der Waals surface area contributed by atoms with Crippen LogP contribution in [0.1, 0.15) is 49.8 Å². The fourth-order valence-electron chi connectivity index (χ4n) is 4.81. The maximum Gasteiger partial charge on any atom is 0.323 e. The molecule has 4 rings (SSSR count). The number of esters is 1. The third kappa shape index (κ3) is 5.48. The summed E-state index contributed by atoms with van der Waals surface area (Å²) in [5, 5.41) is 6.34. The second-order valence-corrected chi connectivity index (χ2v) is 8.71. The molecule has 8 heteroatoms. The number of likely N-dealkylation sites (tertiary alicyclic amines) is 1. The molecule has 186 valence electrons. The van der Waals surface area contributed by atoms with Gasteiger partial charge in [0, 0.05) is 18.1 Å². The van der Waals surface area contributed by atoms with E-state index in [1.54, 1.807) is 26.2 Å². The molecule has 1 saturated heterocycles. The van der Waals surface area contributed by atoms with Gasteiger partial charge in [0.25, 0.3) is 5.91 Å². The molecule has 2 aromatic carbocycles. The smallest absolute Gasteiger partial charge is 0.323 e. The number of carbonyl (C=O) groups is 2. The zero-order chi connectivity index (χ0) is 24.8. The van der Waals surface area contributed by atoms with Gasteiger partial charge in [-0.2, -0.15) is 5.10 Å². The Morgan fingerprint density at radius 1 is 1.06 bits per heavy atom. The van der Waals surface area contributed by atoms with Crippen LogP contribution in [-0.4, -0.2) is 67.5 Å². The molecule has 8 nitrogen and oxygen atoms in total. The molecule has 0 spiro atoms. The van der Waals surface area contributed by atoms with E-state index in [1.165, 1.54) is 0 Å². The topological polar surface area (TPSA) is 80.7 Å². The molecule has 0 N–H and O–H groups in total. The van der Waals surface area contributed by atoms with Gasteiger partial charge in [-0.15, -0.1) is 0 Å². The van der Waals surface area contributed by atoms with Crippen LogP contribution in [-0.2, 0) is 14.3 Å². The van der Waals surface area contributed by atoms with Gasteiger partial charge in [0.2, 0.25) is 0 Å². The van der Waals surface area contributed by atoms with Crippen LogP contribution in [0.25, 0.3) is 0 Å². The molecular weight excluding hydrogens is 446 g/mol. The average Bonchev–Trinajstić information content (AvgIpc) is 3.35. The summed E-state index contributed by atoms with van der Waals surface area (Å²) >= 11 is 0. The van der Waals surface area contributed by atoms with Gasteiger partial charge in [-0.1, -0.05) is 36.8 Å². The molecule has 0 aromatic heterocycles. The van der Waals surface area contributed by atoms with Crippen molar-refractivity contribution in [1.29, 1.82) is 0 Å². The van der Waals surface area contributed by atoms with Crippen molar-refractivity contribution in [3.8, 4) is 11.5 Å². The molecule has 2 aliphatic rings. The maximum absolute atomic E-state index is 13.7. The second-order valence-electron chi connectivity index (χ2n) is 8.71. The predicted molar refractivity (Wildman–Crippen MR) is 133 cm³/mol. The monoisotopic (exact) mass is 479 g/mol. The second kappa shape index (κ2) is 11.4. The van der Waals surface area contributed by atoms with Gasteiger partial charge in [0.05, 0.1) is 39.1 Å². The molecule has 2 atom stereocenters. The zero-order valence-corrected chi connectivity index (χ0v) is 20.6. The third-order valence-corrected chi connectivity index (χ3v) is 6.58. The number of methoxy groups -OCH3 is 2. The highest BCUT2D eigenvalue weighted by molar-refractivity contribution is 6.03. The number of nitrogens with zero attached hydrogens (tertiary/aromatic N) is 3. The lowest BCUT2D eigenvalue weighted by atomic mass is 9.97. The summed E-state index contributed by atoms with van der Waals surface area (Å²) in [5.41, 5.74) is 2.67. The summed E-state index contributed by atoms with van der Waals surface area (Å²) < 4.78 is 16.3. The Bertz CT molecular complexity index is 1070. The fraction of sp³-hybridized carbons (Fsp3) is 0.444. The van der Waals surface area contributed by atoms with Crippen LogP contribution in [0.2, 0.25) is 0 Å². The normalized spacial score (nSPS) is 20.3. The van der Waals surface area contributed by atoms with Crippen molar-refractivity contribution in [1.82, 2.24) is 9.91 Å². The number of ether oxygens (including phenoxy) is 3. The van der Waals surface area contributed by atoms with Crippen molar-refractivity contribution >= 4 is 17.6 Å². The highest BCUT2D eigenvalue weighted by Crippen LogP contribution is 2.39. The molecule has 0 aliphatic carbocycles. The summed E-state index contributed by atoms with van der Waals surface area (Å²) in [7, 11) is 3.21. The van der Waals surface area contributed by atoms with Gasteiger partial charge in [0.15, 0.2) is 0 Å². The molecule has 0 bridgehead atoms. The van der Waals surface area contributed by atoms with Crippen molar-refractivity contribution in [2.24, 2.45) is 5.10 Å². The lowest BCUT2D eigenvalue weighted by Gasteiger charge is -2.34. The van der Waals surface area contributed by atoms with Crippen molar-refractivity contribution in [2.45, 2.75) is 44.7 Å². The molecule has 2 heterocycles. The first-order chi connectivity index (χ1) is 17.0. The lowest BCUT2D eigenvalue weighted by Crippen LogP contribution is -2.49. The standard InChI is InChI=1S/C27H33N3O5/c1-4-35-27(32)23-12-8-9-15-29(23)18-26(31)30-24(17-22(28-30)19-10-6-5-7-11-19)21-14-13-20(33-2)16-25(21)34-3/h5-7,10-11,13-14,16,23-24H,4,8-9,12,15,17-18H2,1-3H3. The van der Waals surface area contributed by atoms with Crippen LogP contribution in [0.15, 0.2) is 53.6 Å². The number of hydrogen-bond acceptors (Lipinski definition) is 7. The minimum absolute atomic E-state index is 0.101. The molecule has 2 aliphatic heterocycles. The molecule has 35 heavy (non-hydrogen) atoms. The van der Waals surface area contributed by atoms with Crippen molar-refractivity contribution < 1.29 is 23.8 Å². The summed E-state index contributed by atoms with van der Waals surface area (Å²) in [6.07, 6.45) is 3.14. The minimum Gasteiger partial charge on any atom is -0.497 e. The van der Waals surface area contributed by atoms with Crippen LogP contribution < -0.4 is 9.47 Å². The first-order valence-electron chi connectivity index (χ1n) is 12.1. The average molecular weight is 480 g/mol. The summed E-state index contributed by atoms with van der Waals surface area (Å²) in [4.78, 5) is 28.1. The number of hydrogen-bond donors (Lipinski definition) is 0. The largest absolute Gasteiger partial charge is 0.497 e. The molecule has 1 amide bonds. The Labute approximate surface area is 206 Å². The number of amides is 1. The maximum atomic E-state index is 13.7. The van der Waals surface area contributed by atoms with Gasteiger partial charge in [-0.3, -0.25) is 14.5 Å². The van der Waals surface area contributed by atoms with E-state index in [2.05, 4.69) is 0 Å². The van der Waals surface area contributed by atoms with Crippen molar-refractivity contribution in [3.05, 3.63) is 59.7 Å². The Morgan fingerprint density at radius 2 is 1.86 bits per heavy atom. The van der Waals surface area contributed by atoms with Crippen LogP contribution in [0.4, 0.5) is 0 Å². The summed E-state index contributed by atoms with van der Waals surface area (Å²) in [6.45, 7) is 2.90. The number of benzene rings is 2. The van der Waals surface area contributed by atoms with Gasteiger partial charge in [-0.25, -0.2) is 5.01 Å². The van der Waals surface area contributed by atoms with Crippen LogP contribution in [0, 0.1) is 0 Å². The Morgan fingerprint density at radius 3 is 2.57 bits per heavy atom. The van der Waals surface area contributed by atoms with E-state index in [1.807, 2.05) is 53.4 Å². The Kier molecular flexibility index (Phi) is 8.02. The highest BCUT2D eigenvalue weighted by atomic mass is 16.5. The Hall–Kier alpha value is -3.39. The number of piperidine rings is 1. The molecule has 0 radical (unpaired) electrons. The third-order valence-electron chi connectivity index (χ3n) is 6.58. The van der Waals surface area contributed by atoms with Crippen LogP contribution in [0.5, 0.6) is 11.5 Å². The zero-order valence-electron chi connectivity index (χ0n) is 20.6. The molecule has 2 unspecified atom stereocenters. The number of rotatable bonds is 8. The number of hydrazone groups is 1. The molecule has 2 aromatic rings. The van der Waals surface area contributed by atoms with E-state index in [-0.39, 0.29) is 24.5 Å². The van der Waals surface area contributed by atoms with E-state index < -0.39 is 6.04 Å². The summed E-state index contributed by atoms with van der Waals surface area (Å²) in [5.74, 6) is 0.897. The van der Waals surface area contributed by atoms with Crippen molar-refractivity contribution in [3.63, 3.8) is 0 Å². The van der Waals surface area contributed by atoms with Gasteiger partial charge in [-0.05, 0) is 44.0 Å². The minimum atomic E-state index is -0.401. The first-order valence-corrected chi connectivity index (χ1v) is 12.1. The Balaban J connectivity index is 1.63.